The first kappa shape index (κ1) is 15.9. The van der Waals surface area contributed by atoms with E-state index in [-0.39, 0.29) is 5.91 Å². The second kappa shape index (κ2) is 9.46. The minimum atomic E-state index is -0.106. The van der Waals surface area contributed by atoms with E-state index in [0.29, 0.717) is 13.2 Å². The average Bonchev–Trinajstić information content (AvgIpc) is 2.62. The van der Waals surface area contributed by atoms with Gasteiger partial charge in [-0.25, -0.2) is 5.48 Å². The minimum Gasteiger partial charge on any atom is -0.314 e. The fourth-order valence-electron chi connectivity index (χ4n) is 2.18. The first-order valence-electron chi connectivity index (χ1n) is 7.43. The molecule has 1 aliphatic heterocycles. The maximum absolute atomic E-state index is 11.9. The second-order valence-corrected chi connectivity index (χ2v) is 5.08. The van der Waals surface area contributed by atoms with Crippen LogP contribution >= 0.6 is 0 Å². The third-order valence-electron chi connectivity index (χ3n) is 3.32. The molecule has 0 aromatic heterocycles. The van der Waals surface area contributed by atoms with Crippen LogP contribution in [-0.2, 0) is 16.2 Å². The summed E-state index contributed by atoms with van der Waals surface area (Å²) in [6.07, 6.45) is 0. The zero-order valence-corrected chi connectivity index (χ0v) is 12.3. The molecular weight excluding hydrogens is 268 g/mol. The Morgan fingerprint density at radius 3 is 2.43 bits per heavy atom. The lowest BCUT2D eigenvalue weighted by atomic mass is 10.2. The molecule has 1 aliphatic rings. The van der Waals surface area contributed by atoms with E-state index in [1.807, 2.05) is 30.3 Å². The van der Waals surface area contributed by atoms with Crippen LogP contribution in [0.25, 0.3) is 0 Å². The van der Waals surface area contributed by atoms with Crippen molar-refractivity contribution in [3.05, 3.63) is 35.9 Å². The van der Waals surface area contributed by atoms with Gasteiger partial charge in [0.15, 0.2) is 0 Å². The highest BCUT2D eigenvalue weighted by atomic mass is 16.6. The Labute approximate surface area is 125 Å². The standard InChI is InChI=1S/C15H24N4O2/c20-15(18-21-13-14-4-2-1-3-5-14)12-19-10-8-16-6-7-17-9-11-19/h1-5,16-17H,6-13H2,(H,18,20). The summed E-state index contributed by atoms with van der Waals surface area (Å²) < 4.78 is 0. The summed E-state index contributed by atoms with van der Waals surface area (Å²) in [5.41, 5.74) is 3.54. The summed E-state index contributed by atoms with van der Waals surface area (Å²) in [6.45, 7) is 6.23. The minimum absolute atomic E-state index is 0.106. The van der Waals surface area contributed by atoms with E-state index < -0.39 is 0 Å². The van der Waals surface area contributed by atoms with Crippen molar-refractivity contribution in [2.24, 2.45) is 0 Å². The molecule has 1 aromatic carbocycles. The normalized spacial score (nSPS) is 17.5. The zero-order valence-electron chi connectivity index (χ0n) is 12.3. The molecular formula is C15H24N4O2. The topological polar surface area (TPSA) is 65.6 Å². The number of amides is 1. The van der Waals surface area contributed by atoms with Crippen molar-refractivity contribution in [3.8, 4) is 0 Å². The molecule has 0 saturated carbocycles. The molecule has 6 heteroatoms. The number of carbonyl (C=O) groups excluding carboxylic acids is 1. The van der Waals surface area contributed by atoms with Gasteiger partial charge in [0, 0.05) is 39.3 Å². The number of benzene rings is 1. The molecule has 116 valence electrons. The quantitative estimate of drug-likeness (QED) is 0.652. The first-order valence-corrected chi connectivity index (χ1v) is 7.43. The summed E-state index contributed by atoms with van der Waals surface area (Å²) in [6, 6.07) is 9.78. The molecule has 0 unspecified atom stereocenters. The number of hydroxylamine groups is 1. The Kier molecular flexibility index (Phi) is 7.17. The van der Waals surface area contributed by atoms with Gasteiger partial charge in [0.05, 0.1) is 13.2 Å². The van der Waals surface area contributed by atoms with Gasteiger partial charge in [-0.2, -0.15) is 0 Å². The summed E-state index contributed by atoms with van der Waals surface area (Å²) in [5, 5.41) is 6.66. The van der Waals surface area contributed by atoms with Crippen molar-refractivity contribution < 1.29 is 9.63 Å². The van der Waals surface area contributed by atoms with Crippen LogP contribution in [0.1, 0.15) is 5.56 Å². The van der Waals surface area contributed by atoms with Crippen LogP contribution in [0.5, 0.6) is 0 Å². The molecule has 0 radical (unpaired) electrons. The van der Waals surface area contributed by atoms with E-state index >= 15 is 0 Å². The summed E-state index contributed by atoms with van der Waals surface area (Å²) in [4.78, 5) is 19.2. The number of hydrogen-bond acceptors (Lipinski definition) is 5. The van der Waals surface area contributed by atoms with Gasteiger partial charge >= 0.3 is 0 Å². The fraction of sp³-hybridized carbons (Fsp3) is 0.533. The Hall–Kier alpha value is -1.47. The van der Waals surface area contributed by atoms with Gasteiger partial charge < -0.3 is 10.6 Å². The van der Waals surface area contributed by atoms with E-state index in [4.69, 9.17) is 4.84 Å². The smallest absolute Gasteiger partial charge is 0.257 e. The van der Waals surface area contributed by atoms with Crippen LogP contribution in [-0.4, -0.2) is 56.6 Å². The predicted molar refractivity (Wildman–Crippen MR) is 81.6 cm³/mol. The number of nitrogens with one attached hydrogen (secondary N) is 3. The lowest BCUT2D eigenvalue weighted by Gasteiger charge is -2.20. The Morgan fingerprint density at radius 1 is 1.10 bits per heavy atom. The van der Waals surface area contributed by atoms with Gasteiger partial charge in [-0.3, -0.25) is 14.5 Å². The largest absolute Gasteiger partial charge is 0.314 e. The molecule has 1 saturated heterocycles. The van der Waals surface area contributed by atoms with E-state index in [0.717, 1.165) is 44.8 Å². The third-order valence-corrected chi connectivity index (χ3v) is 3.32. The highest BCUT2D eigenvalue weighted by Gasteiger charge is 2.11. The first-order chi connectivity index (χ1) is 10.3. The SMILES string of the molecule is O=C(CN1CCNCCNCC1)NOCc1ccccc1. The van der Waals surface area contributed by atoms with Crippen molar-refractivity contribution in [2.75, 3.05) is 45.8 Å². The van der Waals surface area contributed by atoms with Gasteiger partial charge in [0.2, 0.25) is 0 Å². The van der Waals surface area contributed by atoms with E-state index in [1.54, 1.807) is 0 Å². The van der Waals surface area contributed by atoms with Crippen LogP contribution in [0.15, 0.2) is 30.3 Å². The van der Waals surface area contributed by atoms with E-state index in [1.165, 1.54) is 0 Å². The third kappa shape index (κ3) is 6.68. The summed E-state index contributed by atoms with van der Waals surface area (Å²) >= 11 is 0. The zero-order chi connectivity index (χ0) is 14.8. The molecule has 0 atom stereocenters. The maximum Gasteiger partial charge on any atom is 0.257 e. The van der Waals surface area contributed by atoms with Crippen molar-refractivity contribution in [1.82, 2.24) is 21.0 Å². The second-order valence-electron chi connectivity index (χ2n) is 5.08. The molecule has 1 fully saturated rings. The Bertz CT molecular complexity index is 403. The Balaban J connectivity index is 1.65. The molecule has 6 nitrogen and oxygen atoms in total. The number of carbonyl (C=O) groups is 1. The van der Waals surface area contributed by atoms with Crippen LogP contribution in [0.4, 0.5) is 0 Å². The van der Waals surface area contributed by atoms with Gasteiger partial charge in [-0.15, -0.1) is 0 Å². The van der Waals surface area contributed by atoms with Gasteiger partial charge in [0.1, 0.15) is 0 Å². The molecule has 0 bridgehead atoms. The van der Waals surface area contributed by atoms with Crippen molar-refractivity contribution >= 4 is 5.91 Å². The highest BCUT2D eigenvalue weighted by Crippen LogP contribution is 1.99. The summed E-state index contributed by atoms with van der Waals surface area (Å²) in [5.74, 6) is -0.106. The molecule has 0 aliphatic carbocycles. The predicted octanol–water partition coefficient (Wildman–Crippen LogP) is -0.271. The number of nitrogens with zero attached hydrogens (tertiary/aromatic N) is 1. The lowest BCUT2D eigenvalue weighted by Crippen LogP contribution is -2.41. The van der Waals surface area contributed by atoms with Gasteiger partial charge in [-0.1, -0.05) is 30.3 Å². The number of hydrogen-bond donors (Lipinski definition) is 3. The van der Waals surface area contributed by atoms with Crippen LogP contribution in [0.3, 0.4) is 0 Å². The monoisotopic (exact) mass is 292 g/mol. The van der Waals surface area contributed by atoms with Crippen molar-refractivity contribution in [3.63, 3.8) is 0 Å². The van der Waals surface area contributed by atoms with Crippen molar-refractivity contribution in [1.29, 1.82) is 0 Å². The van der Waals surface area contributed by atoms with Crippen molar-refractivity contribution in [2.45, 2.75) is 6.61 Å². The molecule has 1 heterocycles. The van der Waals surface area contributed by atoms with Crippen LogP contribution < -0.4 is 16.1 Å². The maximum atomic E-state index is 11.9. The molecule has 3 N–H and O–H groups in total. The molecule has 21 heavy (non-hydrogen) atoms. The summed E-state index contributed by atoms with van der Waals surface area (Å²) in [7, 11) is 0. The Morgan fingerprint density at radius 2 is 1.76 bits per heavy atom. The molecule has 1 amide bonds. The van der Waals surface area contributed by atoms with Crippen LogP contribution in [0, 0.1) is 0 Å². The van der Waals surface area contributed by atoms with Crippen LogP contribution in [0.2, 0.25) is 0 Å². The molecule has 2 rings (SSSR count). The van der Waals surface area contributed by atoms with E-state index in [9.17, 15) is 4.79 Å². The lowest BCUT2D eigenvalue weighted by molar-refractivity contribution is -0.135. The fourth-order valence-corrected chi connectivity index (χ4v) is 2.18. The van der Waals surface area contributed by atoms with E-state index in [2.05, 4.69) is 21.0 Å². The molecule has 0 spiro atoms. The molecule has 1 aromatic rings. The highest BCUT2D eigenvalue weighted by molar-refractivity contribution is 5.76. The van der Waals surface area contributed by atoms with Gasteiger partial charge in [-0.05, 0) is 5.56 Å². The number of rotatable bonds is 5. The van der Waals surface area contributed by atoms with Gasteiger partial charge in [0.25, 0.3) is 5.91 Å². The average molecular weight is 292 g/mol.